The molecule has 2 aliphatic rings. The number of hydrogen-bond acceptors (Lipinski definition) is 3. The van der Waals surface area contributed by atoms with Crippen LogP contribution in [-0.4, -0.2) is 69.4 Å². The number of morpholine rings is 1. The molecule has 0 amide bonds. The number of nitrogens with one attached hydrogen (secondary N) is 1. The highest BCUT2D eigenvalue weighted by Crippen LogP contribution is 2.20. The highest BCUT2D eigenvalue weighted by molar-refractivity contribution is 5.80. The molecule has 2 aliphatic heterocycles. The largest absolute Gasteiger partial charge is 0.375 e. The Morgan fingerprint density at radius 2 is 2.16 bits per heavy atom. The first-order chi connectivity index (χ1) is 9.20. The van der Waals surface area contributed by atoms with Crippen molar-refractivity contribution in [3.63, 3.8) is 0 Å². The molecule has 0 aliphatic carbocycles. The standard InChI is InChI=1S/C12H21F2N3O2/c1-15-12(16-7-11(13)14)17-4-6-19-10(8-17)9-3-2-5-18-9/h9-11H,2-8H2,1H3,(H,15,16). The zero-order valence-corrected chi connectivity index (χ0v) is 11.1. The van der Waals surface area contributed by atoms with E-state index in [9.17, 15) is 8.78 Å². The first kappa shape index (κ1) is 14.5. The van der Waals surface area contributed by atoms with Crippen LogP contribution in [-0.2, 0) is 9.47 Å². The van der Waals surface area contributed by atoms with Gasteiger partial charge in [-0.05, 0) is 12.8 Å². The summed E-state index contributed by atoms with van der Waals surface area (Å²) < 4.78 is 35.8. The third-order valence-corrected chi connectivity index (χ3v) is 3.40. The van der Waals surface area contributed by atoms with Gasteiger partial charge in [-0.25, -0.2) is 8.78 Å². The maximum absolute atomic E-state index is 12.2. The van der Waals surface area contributed by atoms with E-state index in [1.165, 1.54) is 0 Å². The Labute approximate surface area is 112 Å². The molecule has 2 saturated heterocycles. The van der Waals surface area contributed by atoms with Gasteiger partial charge in [-0.3, -0.25) is 4.99 Å². The number of rotatable bonds is 3. The molecule has 2 fully saturated rings. The summed E-state index contributed by atoms with van der Waals surface area (Å²) >= 11 is 0. The van der Waals surface area contributed by atoms with Gasteiger partial charge in [-0.15, -0.1) is 0 Å². The van der Waals surface area contributed by atoms with Gasteiger partial charge in [0.2, 0.25) is 0 Å². The van der Waals surface area contributed by atoms with Crippen LogP contribution >= 0.6 is 0 Å². The van der Waals surface area contributed by atoms with Crippen LogP contribution in [0.15, 0.2) is 4.99 Å². The second kappa shape index (κ2) is 7.00. The fourth-order valence-electron chi connectivity index (χ4n) is 2.49. The second-order valence-electron chi connectivity index (χ2n) is 4.73. The maximum atomic E-state index is 12.2. The molecule has 0 bridgehead atoms. The summed E-state index contributed by atoms with van der Waals surface area (Å²) in [6.45, 7) is 2.26. The van der Waals surface area contributed by atoms with Gasteiger partial charge in [0.1, 0.15) is 6.10 Å². The Morgan fingerprint density at radius 1 is 1.37 bits per heavy atom. The maximum Gasteiger partial charge on any atom is 0.255 e. The number of guanidine groups is 1. The van der Waals surface area contributed by atoms with Crippen LogP contribution in [0.25, 0.3) is 0 Å². The van der Waals surface area contributed by atoms with E-state index < -0.39 is 6.43 Å². The number of nitrogens with zero attached hydrogens (tertiary/aromatic N) is 2. The molecular formula is C12H21F2N3O2. The molecule has 0 saturated carbocycles. The normalized spacial score (nSPS) is 29.1. The topological polar surface area (TPSA) is 46.1 Å². The lowest BCUT2D eigenvalue weighted by molar-refractivity contribution is -0.0817. The van der Waals surface area contributed by atoms with Crippen LogP contribution in [0, 0.1) is 0 Å². The number of halogens is 2. The molecule has 7 heteroatoms. The Morgan fingerprint density at radius 3 is 2.79 bits per heavy atom. The molecule has 2 atom stereocenters. The third-order valence-electron chi connectivity index (χ3n) is 3.40. The van der Waals surface area contributed by atoms with Crippen molar-refractivity contribution in [2.75, 3.05) is 39.9 Å². The van der Waals surface area contributed by atoms with Crippen molar-refractivity contribution in [3.05, 3.63) is 0 Å². The number of hydrogen-bond donors (Lipinski definition) is 1. The molecule has 110 valence electrons. The SMILES string of the molecule is CN=C(NCC(F)F)N1CCOC(C2CCCO2)C1. The lowest BCUT2D eigenvalue weighted by atomic mass is 10.1. The molecule has 2 unspecified atom stereocenters. The molecular weight excluding hydrogens is 256 g/mol. The molecule has 2 rings (SSSR count). The first-order valence-corrected chi connectivity index (χ1v) is 6.67. The van der Waals surface area contributed by atoms with E-state index in [2.05, 4.69) is 10.3 Å². The third kappa shape index (κ3) is 4.01. The second-order valence-corrected chi connectivity index (χ2v) is 4.73. The predicted molar refractivity (Wildman–Crippen MR) is 67.7 cm³/mol. The predicted octanol–water partition coefficient (Wildman–Crippen LogP) is 0.707. The summed E-state index contributed by atoms with van der Waals surface area (Å²) in [5, 5.41) is 2.68. The number of alkyl halides is 2. The summed E-state index contributed by atoms with van der Waals surface area (Å²) in [7, 11) is 1.60. The van der Waals surface area contributed by atoms with Crippen molar-refractivity contribution >= 4 is 5.96 Å². The fourth-order valence-corrected chi connectivity index (χ4v) is 2.49. The van der Waals surface area contributed by atoms with Gasteiger partial charge < -0.3 is 19.7 Å². The van der Waals surface area contributed by atoms with Crippen LogP contribution in [0.4, 0.5) is 8.78 Å². The van der Waals surface area contributed by atoms with Crippen molar-refractivity contribution in [2.24, 2.45) is 4.99 Å². The zero-order valence-electron chi connectivity index (χ0n) is 11.1. The highest BCUT2D eigenvalue weighted by Gasteiger charge is 2.32. The van der Waals surface area contributed by atoms with Gasteiger partial charge in [-0.2, -0.15) is 0 Å². The molecule has 0 spiro atoms. The zero-order chi connectivity index (χ0) is 13.7. The Kier molecular flexibility index (Phi) is 5.33. The molecule has 0 radical (unpaired) electrons. The molecule has 5 nitrogen and oxygen atoms in total. The molecule has 0 aromatic carbocycles. The van der Waals surface area contributed by atoms with Crippen LogP contribution < -0.4 is 5.32 Å². The average Bonchev–Trinajstić information content (AvgIpc) is 2.93. The van der Waals surface area contributed by atoms with Crippen molar-refractivity contribution in [1.29, 1.82) is 0 Å². The molecule has 1 N–H and O–H groups in total. The molecule has 0 aromatic rings. The van der Waals surface area contributed by atoms with Crippen LogP contribution in [0.2, 0.25) is 0 Å². The summed E-state index contributed by atoms with van der Waals surface area (Å²) in [6, 6.07) is 0. The van der Waals surface area contributed by atoms with Gasteiger partial charge in [0.05, 0.1) is 19.3 Å². The highest BCUT2D eigenvalue weighted by atomic mass is 19.3. The summed E-state index contributed by atoms with van der Waals surface area (Å²) in [4.78, 5) is 6.00. The van der Waals surface area contributed by atoms with Gasteiger partial charge in [0.15, 0.2) is 5.96 Å². The van der Waals surface area contributed by atoms with Gasteiger partial charge in [-0.1, -0.05) is 0 Å². The smallest absolute Gasteiger partial charge is 0.255 e. The summed E-state index contributed by atoms with van der Waals surface area (Å²) in [5.74, 6) is 0.506. The van der Waals surface area contributed by atoms with E-state index >= 15 is 0 Å². The minimum Gasteiger partial charge on any atom is -0.375 e. The van der Waals surface area contributed by atoms with E-state index in [0.717, 1.165) is 19.4 Å². The minimum absolute atomic E-state index is 0.00125. The van der Waals surface area contributed by atoms with E-state index in [4.69, 9.17) is 9.47 Å². The van der Waals surface area contributed by atoms with E-state index in [-0.39, 0.29) is 18.8 Å². The first-order valence-electron chi connectivity index (χ1n) is 6.67. The van der Waals surface area contributed by atoms with Gasteiger partial charge in [0, 0.05) is 26.7 Å². The lowest BCUT2D eigenvalue weighted by Gasteiger charge is -2.37. The lowest BCUT2D eigenvalue weighted by Crippen LogP contribution is -2.53. The summed E-state index contributed by atoms with van der Waals surface area (Å²) in [6.07, 6.45) is -0.200. The Hall–Kier alpha value is -0.950. The monoisotopic (exact) mass is 277 g/mol. The molecule has 0 aromatic heterocycles. The fraction of sp³-hybridized carbons (Fsp3) is 0.917. The molecule has 2 heterocycles. The van der Waals surface area contributed by atoms with Crippen LogP contribution in [0.5, 0.6) is 0 Å². The minimum atomic E-state index is -2.38. The average molecular weight is 277 g/mol. The van der Waals surface area contributed by atoms with E-state index in [1.54, 1.807) is 7.05 Å². The van der Waals surface area contributed by atoms with Gasteiger partial charge in [0.25, 0.3) is 6.43 Å². The van der Waals surface area contributed by atoms with E-state index in [1.807, 2.05) is 4.90 Å². The van der Waals surface area contributed by atoms with Crippen molar-refractivity contribution in [3.8, 4) is 0 Å². The Balaban J connectivity index is 1.87. The number of ether oxygens (including phenoxy) is 2. The van der Waals surface area contributed by atoms with Gasteiger partial charge >= 0.3 is 0 Å². The Bertz CT molecular complexity index is 309. The van der Waals surface area contributed by atoms with Crippen molar-refractivity contribution < 1.29 is 18.3 Å². The summed E-state index contributed by atoms with van der Waals surface area (Å²) in [5.41, 5.74) is 0. The van der Waals surface area contributed by atoms with Crippen LogP contribution in [0.3, 0.4) is 0 Å². The van der Waals surface area contributed by atoms with Crippen molar-refractivity contribution in [1.82, 2.24) is 10.2 Å². The quantitative estimate of drug-likeness (QED) is 0.609. The van der Waals surface area contributed by atoms with Crippen molar-refractivity contribution in [2.45, 2.75) is 31.5 Å². The number of aliphatic imine (C=N–C) groups is 1. The molecule has 19 heavy (non-hydrogen) atoms. The van der Waals surface area contributed by atoms with E-state index in [0.29, 0.717) is 25.7 Å². The van der Waals surface area contributed by atoms with Crippen LogP contribution in [0.1, 0.15) is 12.8 Å².